The first-order valence-corrected chi connectivity index (χ1v) is 5.80. The molecule has 0 spiro atoms. The fourth-order valence-corrected chi connectivity index (χ4v) is 1.97. The smallest absolute Gasteiger partial charge is 0.194 e. The fraction of sp³-hybridized carbons (Fsp3) is 0.200. The molecule has 2 aromatic carbocycles. The van der Waals surface area contributed by atoms with Crippen molar-refractivity contribution in [3.05, 3.63) is 70.0 Å². The lowest BCUT2D eigenvalue weighted by molar-refractivity contribution is 0.218. The summed E-state index contributed by atoms with van der Waals surface area (Å²) >= 11 is 0. The summed E-state index contributed by atoms with van der Waals surface area (Å²) in [7, 11) is 0. The summed E-state index contributed by atoms with van der Waals surface area (Å²) in [4.78, 5) is 0. The average Bonchev–Trinajstić information content (AvgIpc) is 2.37. The number of aliphatic hydroxyl groups excluding tert-OH is 1. The quantitative estimate of drug-likeness (QED) is 0.820. The average molecular weight is 266 g/mol. The third kappa shape index (κ3) is 2.63. The highest BCUT2D eigenvalue weighted by Crippen LogP contribution is 2.27. The van der Waals surface area contributed by atoms with Crippen LogP contribution in [0.3, 0.4) is 0 Å². The Kier molecular flexibility index (Phi) is 3.62. The van der Waals surface area contributed by atoms with Crippen LogP contribution in [0, 0.1) is 31.3 Å². The molecule has 1 nitrogen and oxygen atoms in total. The molecule has 0 fully saturated rings. The van der Waals surface area contributed by atoms with Crippen LogP contribution in [-0.2, 0) is 0 Å². The first-order valence-electron chi connectivity index (χ1n) is 5.80. The van der Waals surface area contributed by atoms with Gasteiger partial charge >= 0.3 is 0 Å². The Bertz CT molecular complexity index is 600. The number of aliphatic hydroxyl groups is 1. The number of aryl methyl sites for hydroxylation is 2. The summed E-state index contributed by atoms with van der Waals surface area (Å²) in [5, 5.41) is 10.2. The second-order valence-electron chi connectivity index (χ2n) is 4.56. The van der Waals surface area contributed by atoms with E-state index < -0.39 is 23.6 Å². The molecule has 0 aliphatic heterocycles. The Labute approximate surface area is 109 Å². The Morgan fingerprint density at radius 2 is 1.53 bits per heavy atom. The van der Waals surface area contributed by atoms with Crippen molar-refractivity contribution in [1.82, 2.24) is 0 Å². The molecule has 4 heteroatoms. The van der Waals surface area contributed by atoms with E-state index in [1.807, 2.05) is 19.1 Å². The molecule has 1 N–H and O–H groups in total. The minimum atomic E-state index is -1.53. The van der Waals surface area contributed by atoms with Crippen LogP contribution in [0.5, 0.6) is 0 Å². The first-order chi connectivity index (χ1) is 8.90. The third-order valence-electron chi connectivity index (χ3n) is 3.05. The van der Waals surface area contributed by atoms with E-state index in [1.165, 1.54) is 0 Å². The Balaban J connectivity index is 2.49. The van der Waals surface area contributed by atoms with E-state index in [1.54, 1.807) is 13.0 Å². The first kappa shape index (κ1) is 13.6. The number of halogens is 3. The normalized spacial score (nSPS) is 12.5. The zero-order valence-electron chi connectivity index (χ0n) is 10.5. The van der Waals surface area contributed by atoms with Crippen LogP contribution in [0.25, 0.3) is 0 Å². The van der Waals surface area contributed by atoms with E-state index in [9.17, 15) is 18.3 Å². The van der Waals surface area contributed by atoms with Crippen molar-refractivity contribution >= 4 is 0 Å². The second kappa shape index (κ2) is 5.05. The van der Waals surface area contributed by atoms with Gasteiger partial charge in [-0.2, -0.15) is 0 Å². The van der Waals surface area contributed by atoms with Crippen molar-refractivity contribution in [2.75, 3.05) is 0 Å². The molecule has 100 valence electrons. The van der Waals surface area contributed by atoms with Gasteiger partial charge in [-0.1, -0.05) is 23.8 Å². The highest BCUT2D eigenvalue weighted by molar-refractivity contribution is 5.38. The van der Waals surface area contributed by atoms with Crippen molar-refractivity contribution in [1.29, 1.82) is 0 Å². The lowest BCUT2D eigenvalue weighted by atomic mass is 9.95. The summed E-state index contributed by atoms with van der Waals surface area (Å²) in [5.74, 6) is -4.14. The SMILES string of the molecule is Cc1ccc(C)c(C(O)c2cc(F)c(F)c(F)c2)c1. The molecule has 0 saturated heterocycles. The van der Waals surface area contributed by atoms with E-state index in [0.29, 0.717) is 5.56 Å². The molecule has 0 saturated carbocycles. The summed E-state index contributed by atoms with van der Waals surface area (Å²) in [6.45, 7) is 3.63. The summed E-state index contributed by atoms with van der Waals surface area (Å²) < 4.78 is 39.2. The van der Waals surface area contributed by atoms with Crippen molar-refractivity contribution in [3.8, 4) is 0 Å². The van der Waals surface area contributed by atoms with Gasteiger partial charge in [-0.3, -0.25) is 0 Å². The maximum absolute atomic E-state index is 13.2. The number of hydrogen-bond donors (Lipinski definition) is 1. The highest BCUT2D eigenvalue weighted by Gasteiger charge is 2.18. The second-order valence-corrected chi connectivity index (χ2v) is 4.56. The third-order valence-corrected chi connectivity index (χ3v) is 3.05. The van der Waals surface area contributed by atoms with Crippen molar-refractivity contribution in [3.63, 3.8) is 0 Å². The predicted octanol–water partition coefficient (Wildman–Crippen LogP) is 3.80. The predicted molar refractivity (Wildman–Crippen MR) is 66.3 cm³/mol. The molecule has 0 aliphatic carbocycles. The highest BCUT2D eigenvalue weighted by atomic mass is 19.2. The molecule has 2 aromatic rings. The fourth-order valence-electron chi connectivity index (χ4n) is 1.97. The number of hydrogen-bond acceptors (Lipinski definition) is 1. The Hall–Kier alpha value is -1.81. The minimum Gasteiger partial charge on any atom is -0.384 e. The van der Waals surface area contributed by atoms with E-state index in [2.05, 4.69) is 0 Å². The molecule has 2 rings (SSSR count). The van der Waals surface area contributed by atoms with Gasteiger partial charge in [-0.15, -0.1) is 0 Å². The van der Waals surface area contributed by atoms with Gasteiger partial charge in [0.05, 0.1) is 0 Å². The van der Waals surface area contributed by atoms with E-state index in [4.69, 9.17) is 0 Å². The van der Waals surface area contributed by atoms with Crippen LogP contribution in [0.1, 0.15) is 28.4 Å². The van der Waals surface area contributed by atoms with Crippen molar-refractivity contribution < 1.29 is 18.3 Å². The lowest BCUT2D eigenvalue weighted by Gasteiger charge is -2.15. The van der Waals surface area contributed by atoms with Crippen LogP contribution in [-0.4, -0.2) is 5.11 Å². The van der Waals surface area contributed by atoms with Gasteiger partial charge in [0.1, 0.15) is 6.10 Å². The zero-order chi connectivity index (χ0) is 14.2. The molecular weight excluding hydrogens is 253 g/mol. The van der Waals surface area contributed by atoms with Crippen LogP contribution in [0.2, 0.25) is 0 Å². The molecular formula is C15H13F3O. The van der Waals surface area contributed by atoms with E-state index in [0.717, 1.165) is 23.3 Å². The Morgan fingerprint density at radius 3 is 2.11 bits per heavy atom. The summed E-state index contributed by atoms with van der Waals surface area (Å²) in [5.41, 5.74) is 2.25. The van der Waals surface area contributed by atoms with Gasteiger partial charge in [0.15, 0.2) is 17.5 Å². The Morgan fingerprint density at radius 1 is 0.947 bits per heavy atom. The van der Waals surface area contributed by atoms with Gasteiger partial charge in [-0.05, 0) is 42.7 Å². The van der Waals surface area contributed by atoms with Gasteiger partial charge in [0, 0.05) is 0 Å². The van der Waals surface area contributed by atoms with Crippen molar-refractivity contribution in [2.45, 2.75) is 20.0 Å². The van der Waals surface area contributed by atoms with Crippen LogP contribution >= 0.6 is 0 Å². The number of rotatable bonds is 2. The monoisotopic (exact) mass is 266 g/mol. The van der Waals surface area contributed by atoms with Gasteiger partial charge in [-0.25, -0.2) is 13.2 Å². The molecule has 0 bridgehead atoms. The van der Waals surface area contributed by atoms with Crippen molar-refractivity contribution in [2.24, 2.45) is 0 Å². The van der Waals surface area contributed by atoms with E-state index in [-0.39, 0.29) is 5.56 Å². The molecule has 0 aromatic heterocycles. The van der Waals surface area contributed by atoms with Crippen LogP contribution in [0.15, 0.2) is 30.3 Å². The summed E-state index contributed by atoms with van der Waals surface area (Å²) in [6, 6.07) is 7.04. The van der Waals surface area contributed by atoms with Crippen LogP contribution in [0.4, 0.5) is 13.2 Å². The number of benzene rings is 2. The van der Waals surface area contributed by atoms with Gasteiger partial charge in [0.25, 0.3) is 0 Å². The van der Waals surface area contributed by atoms with Gasteiger partial charge in [0.2, 0.25) is 0 Å². The molecule has 1 unspecified atom stereocenters. The maximum Gasteiger partial charge on any atom is 0.194 e. The molecule has 0 amide bonds. The topological polar surface area (TPSA) is 20.2 Å². The molecule has 0 aliphatic rings. The van der Waals surface area contributed by atoms with Gasteiger partial charge < -0.3 is 5.11 Å². The maximum atomic E-state index is 13.2. The summed E-state index contributed by atoms with van der Waals surface area (Å²) in [6.07, 6.45) is -1.19. The zero-order valence-corrected chi connectivity index (χ0v) is 10.5. The van der Waals surface area contributed by atoms with E-state index >= 15 is 0 Å². The standard InChI is InChI=1S/C15H13F3O/c1-8-3-4-9(2)11(5-8)15(19)10-6-12(16)14(18)13(17)7-10/h3-7,15,19H,1-2H3. The molecule has 1 atom stereocenters. The van der Waals surface area contributed by atoms with Crippen LogP contribution < -0.4 is 0 Å². The molecule has 0 radical (unpaired) electrons. The minimum absolute atomic E-state index is 0.00917. The molecule has 19 heavy (non-hydrogen) atoms. The lowest BCUT2D eigenvalue weighted by Crippen LogP contribution is -2.05. The molecule has 0 heterocycles. The largest absolute Gasteiger partial charge is 0.384 e.